The molecule has 4 heteroatoms. The van der Waals surface area contributed by atoms with E-state index in [4.69, 9.17) is 9.47 Å². The first kappa shape index (κ1) is 32.9. The second-order valence-corrected chi connectivity index (χ2v) is 10.0. The molecule has 202 valence electrons. The Morgan fingerprint density at radius 1 is 0.382 bits per heavy atom. The lowest BCUT2D eigenvalue weighted by atomic mass is 10.0. The summed E-state index contributed by atoms with van der Waals surface area (Å²) in [6.07, 6.45) is 29.2. The van der Waals surface area contributed by atoms with Gasteiger partial charge in [-0.1, -0.05) is 129 Å². The Morgan fingerprint density at radius 3 is 0.794 bits per heavy atom. The van der Waals surface area contributed by atoms with E-state index in [0.29, 0.717) is 26.1 Å². The van der Waals surface area contributed by atoms with Gasteiger partial charge >= 0.3 is 11.9 Å². The van der Waals surface area contributed by atoms with Crippen LogP contribution in [0.4, 0.5) is 0 Å². The van der Waals surface area contributed by atoms with E-state index in [1.807, 2.05) is 13.8 Å². The smallest absolute Gasteiger partial charge is 0.305 e. The lowest BCUT2D eigenvalue weighted by Gasteiger charge is -2.05. The van der Waals surface area contributed by atoms with Gasteiger partial charge in [0.25, 0.3) is 0 Å². The van der Waals surface area contributed by atoms with Crippen molar-refractivity contribution in [1.82, 2.24) is 0 Å². The van der Waals surface area contributed by atoms with Crippen molar-refractivity contribution in [2.24, 2.45) is 0 Å². The second-order valence-electron chi connectivity index (χ2n) is 10.0. The van der Waals surface area contributed by atoms with Crippen LogP contribution in [0.15, 0.2) is 0 Å². The molecule has 0 aromatic carbocycles. The molecule has 0 radical (unpaired) electrons. The summed E-state index contributed by atoms with van der Waals surface area (Å²) in [6, 6.07) is 0. The minimum Gasteiger partial charge on any atom is -0.466 e. The van der Waals surface area contributed by atoms with Crippen LogP contribution in [0.3, 0.4) is 0 Å². The molecule has 0 aliphatic carbocycles. The SMILES string of the molecule is CCCOC(=O)CCCCCCCCCCCCCCCCCCCCCCC(=O)OCCC. The number of unbranched alkanes of at least 4 members (excludes halogenated alkanes) is 19. The van der Waals surface area contributed by atoms with Gasteiger partial charge in [0.15, 0.2) is 0 Å². The zero-order valence-electron chi connectivity index (χ0n) is 23.0. The Labute approximate surface area is 212 Å². The van der Waals surface area contributed by atoms with E-state index in [1.165, 1.54) is 116 Å². The largest absolute Gasteiger partial charge is 0.466 e. The van der Waals surface area contributed by atoms with Crippen LogP contribution in [0.25, 0.3) is 0 Å². The van der Waals surface area contributed by atoms with E-state index in [0.717, 1.165) is 25.7 Å². The van der Waals surface area contributed by atoms with Gasteiger partial charge in [0.05, 0.1) is 13.2 Å². The summed E-state index contributed by atoms with van der Waals surface area (Å²) >= 11 is 0. The molecular formula is C30H58O4. The molecule has 0 saturated carbocycles. The highest BCUT2D eigenvalue weighted by Crippen LogP contribution is 2.15. The molecule has 0 saturated heterocycles. The van der Waals surface area contributed by atoms with Crippen LogP contribution < -0.4 is 0 Å². The summed E-state index contributed by atoms with van der Waals surface area (Å²) in [5, 5.41) is 0. The first-order valence-corrected chi connectivity index (χ1v) is 15.0. The summed E-state index contributed by atoms with van der Waals surface area (Å²) in [6.45, 7) is 5.20. The Kier molecular flexibility index (Phi) is 27.3. The van der Waals surface area contributed by atoms with Crippen molar-refractivity contribution in [3.05, 3.63) is 0 Å². The predicted octanol–water partition coefficient (Wildman–Crippen LogP) is 9.48. The molecule has 34 heavy (non-hydrogen) atoms. The topological polar surface area (TPSA) is 52.6 Å². The quantitative estimate of drug-likeness (QED) is 0.0864. The van der Waals surface area contributed by atoms with Gasteiger partial charge in [-0.05, 0) is 25.7 Å². The van der Waals surface area contributed by atoms with Crippen molar-refractivity contribution in [1.29, 1.82) is 0 Å². The van der Waals surface area contributed by atoms with E-state index in [-0.39, 0.29) is 11.9 Å². The predicted molar refractivity (Wildman–Crippen MR) is 144 cm³/mol. The third kappa shape index (κ3) is 27.2. The van der Waals surface area contributed by atoms with Gasteiger partial charge in [-0.15, -0.1) is 0 Å². The standard InChI is InChI=1S/C30H58O4/c1-3-27-33-29(31)25-23-21-19-17-15-13-11-9-7-5-6-8-10-12-14-16-18-20-22-24-26-30(32)34-28-4-2/h3-28H2,1-2H3. The molecule has 0 aliphatic rings. The lowest BCUT2D eigenvalue weighted by Crippen LogP contribution is -2.04. The van der Waals surface area contributed by atoms with Crippen LogP contribution in [0.2, 0.25) is 0 Å². The maximum Gasteiger partial charge on any atom is 0.305 e. The fourth-order valence-electron chi connectivity index (χ4n) is 4.30. The summed E-state index contributed by atoms with van der Waals surface area (Å²) in [4.78, 5) is 22.8. The molecule has 0 N–H and O–H groups in total. The minimum absolute atomic E-state index is 0.0204. The van der Waals surface area contributed by atoms with Gasteiger partial charge in [-0.3, -0.25) is 9.59 Å². The fraction of sp³-hybridized carbons (Fsp3) is 0.933. The number of ether oxygens (including phenoxy) is 2. The van der Waals surface area contributed by atoms with Crippen molar-refractivity contribution in [2.45, 2.75) is 168 Å². The normalized spacial score (nSPS) is 11.0. The third-order valence-corrected chi connectivity index (χ3v) is 6.45. The summed E-state index contributed by atoms with van der Waals surface area (Å²) in [7, 11) is 0. The second kappa shape index (κ2) is 28.2. The maximum absolute atomic E-state index is 11.4. The first-order valence-electron chi connectivity index (χ1n) is 15.0. The third-order valence-electron chi connectivity index (χ3n) is 6.45. The summed E-state index contributed by atoms with van der Waals surface area (Å²) in [5.74, 6) is -0.0408. The van der Waals surface area contributed by atoms with Crippen LogP contribution in [-0.2, 0) is 19.1 Å². The number of carbonyl (C=O) groups excluding carboxylic acids is 2. The maximum atomic E-state index is 11.4. The molecular weight excluding hydrogens is 424 g/mol. The summed E-state index contributed by atoms with van der Waals surface area (Å²) in [5.41, 5.74) is 0. The van der Waals surface area contributed by atoms with Gasteiger partial charge in [0, 0.05) is 12.8 Å². The van der Waals surface area contributed by atoms with Gasteiger partial charge in [0.2, 0.25) is 0 Å². The van der Waals surface area contributed by atoms with E-state index in [9.17, 15) is 9.59 Å². The van der Waals surface area contributed by atoms with Gasteiger partial charge in [-0.25, -0.2) is 0 Å². The van der Waals surface area contributed by atoms with Gasteiger partial charge < -0.3 is 9.47 Å². The van der Waals surface area contributed by atoms with Crippen molar-refractivity contribution in [3.63, 3.8) is 0 Å². The van der Waals surface area contributed by atoms with Crippen LogP contribution in [0, 0.1) is 0 Å². The number of rotatable bonds is 27. The molecule has 0 rings (SSSR count). The molecule has 0 atom stereocenters. The Hall–Kier alpha value is -1.06. The molecule has 0 aromatic rings. The minimum atomic E-state index is -0.0204. The first-order chi connectivity index (χ1) is 16.7. The van der Waals surface area contributed by atoms with Gasteiger partial charge in [0.1, 0.15) is 0 Å². The zero-order chi connectivity index (χ0) is 25.0. The van der Waals surface area contributed by atoms with E-state index >= 15 is 0 Å². The molecule has 0 aromatic heterocycles. The molecule has 4 nitrogen and oxygen atoms in total. The highest BCUT2D eigenvalue weighted by Gasteiger charge is 2.02. The zero-order valence-corrected chi connectivity index (χ0v) is 23.0. The molecule has 0 heterocycles. The molecule has 0 spiro atoms. The lowest BCUT2D eigenvalue weighted by molar-refractivity contribution is -0.144. The van der Waals surface area contributed by atoms with Crippen molar-refractivity contribution >= 4 is 11.9 Å². The highest BCUT2D eigenvalue weighted by molar-refractivity contribution is 5.69. The molecule has 0 amide bonds. The average Bonchev–Trinajstić information content (AvgIpc) is 2.84. The van der Waals surface area contributed by atoms with Gasteiger partial charge in [-0.2, -0.15) is 0 Å². The van der Waals surface area contributed by atoms with E-state index in [1.54, 1.807) is 0 Å². The van der Waals surface area contributed by atoms with E-state index < -0.39 is 0 Å². The number of hydrogen-bond acceptors (Lipinski definition) is 4. The number of esters is 2. The van der Waals surface area contributed by atoms with Crippen molar-refractivity contribution in [2.75, 3.05) is 13.2 Å². The van der Waals surface area contributed by atoms with Crippen LogP contribution in [0.1, 0.15) is 168 Å². The molecule has 0 aliphatic heterocycles. The number of carbonyl (C=O) groups is 2. The van der Waals surface area contributed by atoms with Crippen LogP contribution in [0.5, 0.6) is 0 Å². The Bertz CT molecular complexity index is 396. The summed E-state index contributed by atoms with van der Waals surface area (Å²) < 4.78 is 10.2. The van der Waals surface area contributed by atoms with Crippen LogP contribution >= 0.6 is 0 Å². The average molecular weight is 483 g/mol. The number of hydrogen-bond donors (Lipinski definition) is 0. The van der Waals surface area contributed by atoms with E-state index in [2.05, 4.69) is 0 Å². The Morgan fingerprint density at radius 2 is 0.588 bits per heavy atom. The molecule has 0 unspecified atom stereocenters. The molecule has 0 bridgehead atoms. The van der Waals surface area contributed by atoms with Crippen molar-refractivity contribution in [3.8, 4) is 0 Å². The fourth-order valence-corrected chi connectivity index (χ4v) is 4.30. The van der Waals surface area contributed by atoms with Crippen molar-refractivity contribution < 1.29 is 19.1 Å². The Balaban J connectivity index is 3.10. The molecule has 0 fully saturated rings. The highest BCUT2D eigenvalue weighted by atomic mass is 16.5. The monoisotopic (exact) mass is 482 g/mol. The van der Waals surface area contributed by atoms with Crippen LogP contribution in [-0.4, -0.2) is 25.2 Å².